The monoisotopic (exact) mass is 518 g/mol. The van der Waals surface area contributed by atoms with Crippen LogP contribution in [0.5, 0.6) is 0 Å². The maximum absolute atomic E-state index is 12.1. The smallest absolute Gasteiger partial charge is 0.306 e. The molecule has 0 amide bonds. The maximum atomic E-state index is 12.1. The molecule has 0 aliphatic rings. The Balaban J connectivity index is 4.63. The number of nitrogens with zero attached hydrogens (tertiary/aromatic N) is 1. The molecule has 0 aromatic carbocycles. The van der Waals surface area contributed by atoms with Crippen molar-refractivity contribution in [3.63, 3.8) is 0 Å². The summed E-state index contributed by atoms with van der Waals surface area (Å²) in [6.45, 7) is 1.04. The zero-order chi connectivity index (χ0) is 24.5. The fourth-order valence-electron chi connectivity index (χ4n) is 2.38. The molecule has 0 bridgehead atoms. The Kier molecular flexibility index (Phi) is 18.0. The van der Waals surface area contributed by atoms with Crippen LogP contribution in [0.25, 0.3) is 0 Å². The van der Waals surface area contributed by atoms with Gasteiger partial charge in [-0.05, 0) is 37.5 Å². The summed E-state index contributed by atoms with van der Waals surface area (Å²) < 4.78 is 22.6. The Bertz CT molecular complexity index is 574. The van der Waals surface area contributed by atoms with E-state index in [1.807, 2.05) is 21.1 Å². The number of carbonyl (C=O) groups is 2. The summed E-state index contributed by atoms with van der Waals surface area (Å²) in [5, 5.41) is 17.6. The van der Waals surface area contributed by atoms with Gasteiger partial charge < -0.3 is 33.2 Å². The number of hydrogen-bond acceptors (Lipinski definition) is 9. The Labute approximate surface area is 202 Å². The number of likely N-dealkylation sites (N-methyl/N-ethyl adjacent to an activating group) is 1. The number of esters is 2. The van der Waals surface area contributed by atoms with Gasteiger partial charge in [-0.15, -0.1) is 0 Å². The topological polar surface area (TPSA) is 112 Å². The number of rotatable bonds is 20. The van der Waals surface area contributed by atoms with E-state index in [1.165, 1.54) is 0 Å². The first-order valence-corrected chi connectivity index (χ1v) is 14.8. The highest BCUT2D eigenvalue weighted by Crippen LogP contribution is 2.53. The van der Waals surface area contributed by atoms with E-state index in [-0.39, 0.29) is 39.3 Å². The summed E-state index contributed by atoms with van der Waals surface area (Å²) in [4.78, 5) is 24.1. The Morgan fingerprint density at radius 2 is 1.47 bits per heavy atom. The molecule has 2 atom stereocenters. The highest BCUT2D eigenvalue weighted by Gasteiger charge is 2.22. The average molecular weight is 519 g/mol. The molecular formula is C20H41NO8PS2+. The van der Waals surface area contributed by atoms with Gasteiger partial charge in [-0.1, -0.05) is 25.1 Å². The fraction of sp³-hybridized carbons (Fsp3) is 0.900. The molecule has 0 aliphatic carbocycles. The second-order valence-electron chi connectivity index (χ2n) is 8.47. The van der Waals surface area contributed by atoms with Crippen LogP contribution in [0.1, 0.15) is 51.4 Å². The van der Waals surface area contributed by atoms with Crippen LogP contribution in [-0.2, 0) is 39.9 Å². The quantitative estimate of drug-likeness (QED) is 0.0736. The fourth-order valence-corrected chi connectivity index (χ4v) is 3.97. The van der Waals surface area contributed by atoms with Gasteiger partial charge in [0.05, 0.1) is 27.7 Å². The number of thiol groups is 1. The number of hydrogen-bond donors (Lipinski definition) is 3. The van der Waals surface area contributed by atoms with Gasteiger partial charge in [-0.25, -0.2) is 0 Å². The van der Waals surface area contributed by atoms with Crippen molar-refractivity contribution in [2.45, 2.75) is 57.5 Å². The van der Waals surface area contributed by atoms with Crippen LogP contribution in [0.4, 0.5) is 0 Å². The molecule has 0 radical (unpaired) electrons. The summed E-state index contributed by atoms with van der Waals surface area (Å²) in [6.07, 6.45) is 3.51. The predicted molar refractivity (Wildman–Crippen MR) is 130 cm³/mol. The second kappa shape index (κ2) is 18.1. The highest BCUT2D eigenvalue weighted by molar-refractivity contribution is 8.60. The first-order valence-electron chi connectivity index (χ1n) is 11.0. The Morgan fingerprint density at radius 3 is 2.00 bits per heavy atom. The van der Waals surface area contributed by atoms with Crippen LogP contribution in [0.15, 0.2) is 0 Å². The molecule has 0 aromatic heterocycles. The van der Waals surface area contributed by atoms with E-state index in [2.05, 4.69) is 12.2 Å². The lowest BCUT2D eigenvalue weighted by Gasteiger charge is -2.26. The van der Waals surface area contributed by atoms with Gasteiger partial charge in [-0.2, -0.15) is 0 Å². The van der Waals surface area contributed by atoms with Crippen molar-refractivity contribution in [3.8, 4) is 0 Å². The zero-order valence-corrected chi connectivity index (χ0v) is 22.2. The van der Waals surface area contributed by atoms with E-state index in [4.69, 9.17) is 40.5 Å². The molecule has 0 fully saturated rings. The number of aliphatic hydroxyl groups excluding tert-OH is 2. The van der Waals surface area contributed by atoms with Gasteiger partial charge >= 0.3 is 11.9 Å². The van der Waals surface area contributed by atoms with E-state index in [0.717, 1.165) is 13.0 Å². The summed E-state index contributed by atoms with van der Waals surface area (Å²) in [6, 6.07) is 0. The lowest BCUT2D eigenvalue weighted by atomic mass is 10.2. The van der Waals surface area contributed by atoms with Crippen molar-refractivity contribution in [2.24, 2.45) is 0 Å². The number of quaternary nitrogens is 1. The van der Waals surface area contributed by atoms with Crippen molar-refractivity contribution in [1.29, 1.82) is 0 Å². The molecule has 32 heavy (non-hydrogen) atoms. The average Bonchev–Trinajstić information content (AvgIpc) is 2.69. The minimum atomic E-state index is -2.84. The first kappa shape index (κ1) is 31.7. The van der Waals surface area contributed by atoms with Crippen molar-refractivity contribution in [3.05, 3.63) is 0 Å². The molecule has 0 rings (SSSR count). The van der Waals surface area contributed by atoms with E-state index < -0.39 is 23.7 Å². The number of carbonyl (C=O) groups excluding carboxylic acids is 2. The molecule has 0 saturated heterocycles. The minimum absolute atomic E-state index is 0.0838. The van der Waals surface area contributed by atoms with Gasteiger partial charge in [0.1, 0.15) is 19.8 Å². The number of unbranched alkanes of at least 4 members (excludes halogenated alkanes) is 4. The highest BCUT2D eigenvalue weighted by atomic mass is 32.9. The molecule has 9 nitrogen and oxygen atoms in total. The van der Waals surface area contributed by atoms with Crippen LogP contribution in [0.3, 0.4) is 0 Å². The molecule has 0 aromatic rings. The van der Waals surface area contributed by atoms with E-state index in [0.29, 0.717) is 43.2 Å². The third-order valence-corrected chi connectivity index (χ3v) is 6.56. The molecule has 0 saturated carbocycles. The lowest BCUT2D eigenvalue weighted by Crippen LogP contribution is -2.37. The second-order valence-corrected chi connectivity index (χ2v) is 13.8. The molecule has 0 heterocycles. The third-order valence-electron chi connectivity index (χ3n) is 4.25. The van der Waals surface area contributed by atoms with Crippen LogP contribution in [0, 0.1) is 0 Å². The summed E-state index contributed by atoms with van der Waals surface area (Å²) >= 11 is 9.63. The van der Waals surface area contributed by atoms with E-state index in [1.54, 1.807) is 0 Å². The van der Waals surface area contributed by atoms with Gasteiger partial charge in [0, 0.05) is 26.1 Å². The third kappa shape index (κ3) is 20.4. The molecule has 1 unspecified atom stereocenters. The van der Waals surface area contributed by atoms with Crippen LogP contribution >= 0.6 is 17.9 Å². The normalized spacial score (nSPS) is 14.6. The van der Waals surface area contributed by atoms with Crippen molar-refractivity contribution < 1.29 is 42.8 Å². The van der Waals surface area contributed by atoms with Crippen molar-refractivity contribution in [2.75, 3.05) is 60.7 Å². The summed E-state index contributed by atoms with van der Waals surface area (Å²) in [7, 11) is 6.08. The molecular weight excluding hydrogens is 477 g/mol. The summed E-state index contributed by atoms with van der Waals surface area (Å²) in [5.41, 5.74) is -2.84. The van der Waals surface area contributed by atoms with Crippen molar-refractivity contribution in [1.82, 2.24) is 0 Å². The van der Waals surface area contributed by atoms with Crippen LogP contribution in [0.2, 0.25) is 0 Å². The molecule has 0 spiro atoms. The van der Waals surface area contributed by atoms with Crippen molar-refractivity contribution >= 4 is 41.7 Å². The van der Waals surface area contributed by atoms with Gasteiger partial charge in [0.25, 0.3) is 0 Å². The predicted octanol–water partition coefficient (Wildman–Crippen LogP) is 2.44. The standard InChI is InChI=1S/C20H40NO8PS2/c1-21(2,3)12-15-27-30(31,32)28-17-18(29-20(25)11-7-5-9-14-23)16-26-19(24)10-6-4-8-13-22/h18,22-23H,4-17H2,1-3H3/p+1/t18-/m1/s1. The van der Waals surface area contributed by atoms with Crippen LogP contribution < -0.4 is 0 Å². The molecule has 12 heteroatoms. The maximum Gasteiger partial charge on any atom is 0.306 e. The molecule has 2 N–H and O–H groups in total. The minimum Gasteiger partial charge on any atom is -0.462 e. The largest absolute Gasteiger partial charge is 0.462 e. The van der Waals surface area contributed by atoms with Gasteiger partial charge in [0.2, 0.25) is 5.69 Å². The molecule has 190 valence electrons. The first-order chi connectivity index (χ1) is 15.0. The lowest BCUT2D eigenvalue weighted by molar-refractivity contribution is -0.870. The summed E-state index contributed by atoms with van der Waals surface area (Å²) in [5.74, 6) is -0.842. The molecule has 0 aliphatic heterocycles. The number of aliphatic hydroxyl groups is 2. The SMILES string of the molecule is C[N+](C)(C)CCOP(=S)(S)OC[C@@H](COC(=O)CCCCCO)OC(=O)CCCCCO. The van der Waals surface area contributed by atoms with Gasteiger partial charge in [0.15, 0.2) is 6.10 Å². The zero-order valence-electron chi connectivity index (χ0n) is 19.6. The van der Waals surface area contributed by atoms with Crippen LogP contribution in [-0.4, -0.2) is 93.5 Å². The van der Waals surface area contributed by atoms with E-state index in [9.17, 15) is 9.59 Å². The van der Waals surface area contributed by atoms with E-state index >= 15 is 0 Å². The van der Waals surface area contributed by atoms with Gasteiger partial charge in [-0.3, -0.25) is 9.59 Å². The number of ether oxygens (including phenoxy) is 2. The Hall–Kier alpha value is -0.260. The Morgan fingerprint density at radius 1 is 0.906 bits per heavy atom.